The molecule has 1 fully saturated rings. The molecule has 0 radical (unpaired) electrons. The number of carbonyl (C=O) groups is 1. The van der Waals surface area contributed by atoms with Crippen LogP contribution in [0.25, 0.3) is 5.65 Å². The van der Waals surface area contributed by atoms with Crippen molar-refractivity contribution in [3.63, 3.8) is 0 Å². The second kappa shape index (κ2) is 5.00. The van der Waals surface area contributed by atoms with E-state index in [1.165, 1.54) is 16.8 Å². The molecule has 9 nitrogen and oxygen atoms in total. The molecule has 1 amide bonds. The zero-order valence-electron chi connectivity index (χ0n) is 12.6. The van der Waals surface area contributed by atoms with E-state index in [1.807, 2.05) is 20.8 Å². The quantitative estimate of drug-likeness (QED) is 0.862. The van der Waals surface area contributed by atoms with Gasteiger partial charge in [0.1, 0.15) is 11.7 Å². The Hall–Kier alpha value is -2.58. The number of ether oxygens (including phenoxy) is 2. The molecule has 22 heavy (non-hydrogen) atoms. The highest BCUT2D eigenvalue weighted by Crippen LogP contribution is 2.20. The standard InChI is InChI=1S/C13H17N5O4/c1-13(2,3)22-12(20)17-6-8(7-17)21-10-9-15-16-11(19)18(9)5-4-14-10/h4-5,8H,6-7H2,1-3H3,(H,16,19). The maximum atomic E-state index is 11.8. The Labute approximate surface area is 125 Å². The van der Waals surface area contributed by atoms with Crippen LogP contribution in [0.4, 0.5) is 4.79 Å². The first-order valence-corrected chi connectivity index (χ1v) is 6.90. The second-order valence-corrected chi connectivity index (χ2v) is 6.08. The highest BCUT2D eigenvalue weighted by atomic mass is 16.6. The molecule has 0 aromatic carbocycles. The maximum absolute atomic E-state index is 11.8. The van der Waals surface area contributed by atoms with Crippen molar-refractivity contribution in [1.82, 2.24) is 24.5 Å². The zero-order chi connectivity index (χ0) is 15.9. The van der Waals surface area contributed by atoms with Crippen molar-refractivity contribution in [1.29, 1.82) is 0 Å². The van der Waals surface area contributed by atoms with Crippen LogP contribution in [0.15, 0.2) is 17.2 Å². The molecule has 0 bridgehead atoms. The lowest BCUT2D eigenvalue weighted by Crippen LogP contribution is -2.57. The fourth-order valence-corrected chi connectivity index (χ4v) is 2.05. The molecule has 1 N–H and O–H groups in total. The van der Waals surface area contributed by atoms with Crippen LogP contribution in [0.2, 0.25) is 0 Å². The largest absolute Gasteiger partial charge is 0.468 e. The van der Waals surface area contributed by atoms with Crippen molar-refractivity contribution in [2.24, 2.45) is 0 Å². The summed E-state index contributed by atoms with van der Waals surface area (Å²) in [5.41, 5.74) is -0.554. The lowest BCUT2D eigenvalue weighted by Gasteiger charge is -2.39. The Morgan fingerprint density at radius 3 is 2.82 bits per heavy atom. The van der Waals surface area contributed by atoms with E-state index in [9.17, 15) is 9.59 Å². The summed E-state index contributed by atoms with van der Waals surface area (Å²) in [7, 11) is 0. The monoisotopic (exact) mass is 307 g/mol. The number of H-pyrrole nitrogens is 1. The third-order valence-electron chi connectivity index (χ3n) is 3.08. The highest BCUT2D eigenvalue weighted by molar-refractivity contribution is 5.69. The number of hydrogen-bond acceptors (Lipinski definition) is 6. The molecule has 118 valence electrons. The van der Waals surface area contributed by atoms with Crippen LogP contribution in [0.5, 0.6) is 5.88 Å². The SMILES string of the molecule is CC(C)(C)OC(=O)N1CC(Oc2nccn3c(=O)[nH]nc23)C1. The third kappa shape index (κ3) is 2.74. The molecule has 1 aliphatic heterocycles. The molecule has 2 aromatic rings. The van der Waals surface area contributed by atoms with Gasteiger partial charge in [-0.3, -0.25) is 0 Å². The Bertz CT molecular complexity index is 754. The van der Waals surface area contributed by atoms with Crippen molar-refractivity contribution in [2.75, 3.05) is 13.1 Å². The van der Waals surface area contributed by atoms with Gasteiger partial charge >= 0.3 is 11.8 Å². The molecular formula is C13H17N5O4. The summed E-state index contributed by atoms with van der Waals surface area (Å²) >= 11 is 0. The van der Waals surface area contributed by atoms with E-state index >= 15 is 0 Å². The number of rotatable bonds is 2. The van der Waals surface area contributed by atoms with Gasteiger partial charge in [-0.25, -0.2) is 24.1 Å². The number of hydrogen-bond donors (Lipinski definition) is 1. The van der Waals surface area contributed by atoms with Crippen molar-refractivity contribution in [3.8, 4) is 5.88 Å². The molecule has 3 heterocycles. The van der Waals surface area contributed by atoms with Gasteiger partial charge < -0.3 is 14.4 Å². The van der Waals surface area contributed by atoms with Gasteiger partial charge in [0.25, 0.3) is 5.88 Å². The number of carbonyl (C=O) groups excluding carboxylic acids is 1. The number of aromatic nitrogens is 4. The number of amides is 1. The van der Waals surface area contributed by atoms with Crippen molar-refractivity contribution < 1.29 is 14.3 Å². The molecule has 0 saturated carbocycles. The van der Waals surface area contributed by atoms with Crippen LogP contribution in [0.1, 0.15) is 20.8 Å². The van der Waals surface area contributed by atoms with E-state index in [0.717, 1.165) is 0 Å². The molecule has 1 aliphatic rings. The van der Waals surface area contributed by atoms with Gasteiger partial charge in [0.2, 0.25) is 5.65 Å². The van der Waals surface area contributed by atoms with E-state index < -0.39 is 5.60 Å². The van der Waals surface area contributed by atoms with Gasteiger partial charge in [0.05, 0.1) is 13.1 Å². The minimum absolute atomic E-state index is 0.196. The number of nitrogens with one attached hydrogen (secondary N) is 1. The first kappa shape index (κ1) is 14.4. The van der Waals surface area contributed by atoms with Crippen LogP contribution in [-0.2, 0) is 4.74 Å². The van der Waals surface area contributed by atoms with Crippen LogP contribution in [0, 0.1) is 0 Å². The van der Waals surface area contributed by atoms with Gasteiger partial charge in [0, 0.05) is 12.4 Å². The predicted octanol–water partition coefficient (Wildman–Crippen LogP) is 0.416. The smallest absolute Gasteiger partial charge is 0.410 e. The van der Waals surface area contributed by atoms with Gasteiger partial charge in [-0.05, 0) is 20.8 Å². The normalized spacial score (nSPS) is 15.7. The van der Waals surface area contributed by atoms with E-state index in [-0.39, 0.29) is 23.8 Å². The van der Waals surface area contributed by atoms with E-state index in [1.54, 1.807) is 4.90 Å². The van der Waals surface area contributed by atoms with E-state index in [0.29, 0.717) is 18.7 Å². The molecule has 0 aliphatic carbocycles. The molecular weight excluding hydrogens is 290 g/mol. The molecule has 3 rings (SSSR count). The van der Waals surface area contributed by atoms with E-state index in [2.05, 4.69) is 15.2 Å². The van der Waals surface area contributed by atoms with Gasteiger partial charge in [0.15, 0.2) is 0 Å². The van der Waals surface area contributed by atoms with Crippen molar-refractivity contribution >= 4 is 11.7 Å². The van der Waals surface area contributed by atoms with Crippen LogP contribution >= 0.6 is 0 Å². The molecule has 0 spiro atoms. The van der Waals surface area contributed by atoms with Gasteiger partial charge in [-0.2, -0.15) is 0 Å². The fraction of sp³-hybridized carbons (Fsp3) is 0.538. The fourth-order valence-electron chi connectivity index (χ4n) is 2.05. The average Bonchev–Trinajstić information content (AvgIpc) is 2.74. The number of nitrogens with zero attached hydrogens (tertiary/aromatic N) is 4. The van der Waals surface area contributed by atoms with Crippen molar-refractivity contribution in [3.05, 3.63) is 22.9 Å². The Balaban J connectivity index is 1.62. The Kier molecular flexibility index (Phi) is 3.27. The summed E-state index contributed by atoms with van der Waals surface area (Å²) in [5, 5.41) is 6.20. The third-order valence-corrected chi connectivity index (χ3v) is 3.08. The summed E-state index contributed by atoms with van der Waals surface area (Å²) in [6.45, 7) is 6.27. The molecule has 1 saturated heterocycles. The summed E-state index contributed by atoms with van der Waals surface area (Å²) in [6, 6.07) is 0. The first-order chi connectivity index (χ1) is 10.3. The minimum atomic E-state index is -0.521. The molecule has 0 unspecified atom stereocenters. The molecule has 2 aromatic heterocycles. The number of aromatic amines is 1. The molecule has 0 atom stereocenters. The topological polar surface area (TPSA) is 102 Å². The Morgan fingerprint density at radius 2 is 2.14 bits per heavy atom. The predicted molar refractivity (Wildman–Crippen MR) is 75.8 cm³/mol. The number of fused-ring (bicyclic) bond motifs is 1. The summed E-state index contributed by atoms with van der Waals surface area (Å²) in [5.74, 6) is 0.259. The molecule has 9 heteroatoms. The van der Waals surface area contributed by atoms with Crippen LogP contribution in [-0.4, -0.2) is 55.4 Å². The van der Waals surface area contributed by atoms with Crippen LogP contribution < -0.4 is 10.4 Å². The van der Waals surface area contributed by atoms with Crippen molar-refractivity contribution in [2.45, 2.75) is 32.5 Å². The summed E-state index contributed by atoms with van der Waals surface area (Å²) in [4.78, 5) is 28.9. The maximum Gasteiger partial charge on any atom is 0.410 e. The Morgan fingerprint density at radius 1 is 1.41 bits per heavy atom. The summed E-state index contributed by atoms with van der Waals surface area (Å²) < 4.78 is 12.3. The minimum Gasteiger partial charge on any atom is -0.468 e. The van der Waals surface area contributed by atoms with Crippen LogP contribution in [0.3, 0.4) is 0 Å². The number of likely N-dealkylation sites (tertiary alicyclic amines) is 1. The zero-order valence-corrected chi connectivity index (χ0v) is 12.6. The average molecular weight is 307 g/mol. The van der Waals surface area contributed by atoms with E-state index in [4.69, 9.17) is 9.47 Å². The first-order valence-electron chi connectivity index (χ1n) is 6.90. The lowest BCUT2D eigenvalue weighted by atomic mass is 10.2. The van der Waals surface area contributed by atoms with Gasteiger partial charge in [-0.15, -0.1) is 5.10 Å². The lowest BCUT2D eigenvalue weighted by molar-refractivity contribution is -0.0229. The summed E-state index contributed by atoms with van der Waals surface area (Å²) in [6.07, 6.45) is 2.40. The second-order valence-electron chi connectivity index (χ2n) is 6.08. The van der Waals surface area contributed by atoms with Gasteiger partial charge in [-0.1, -0.05) is 0 Å². The highest BCUT2D eigenvalue weighted by Gasteiger charge is 2.35.